The van der Waals surface area contributed by atoms with Gasteiger partial charge in [0.25, 0.3) is 5.69 Å². The maximum atomic E-state index is 11.8. The van der Waals surface area contributed by atoms with Crippen molar-refractivity contribution < 1.29 is 14.5 Å². The van der Waals surface area contributed by atoms with Crippen molar-refractivity contribution in [2.75, 3.05) is 0 Å². The third-order valence-electron chi connectivity index (χ3n) is 3.05. The molecule has 0 bridgehead atoms. The fraction of sp³-hybridized carbons (Fsp3) is 0.333. The van der Waals surface area contributed by atoms with Crippen molar-refractivity contribution in [2.45, 2.75) is 19.9 Å². The van der Waals surface area contributed by atoms with Gasteiger partial charge in [-0.1, -0.05) is 22.9 Å². The monoisotopic (exact) mass is 326 g/mol. The molecule has 1 unspecified atom stereocenters. The van der Waals surface area contributed by atoms with E-state index in [2.05, 4.69) is 15.9 Å². The molecule has 0 N–H and O–H groups in total. The third-order valence-corrected chi connectivity index (χ3v) is 3.78. The van der Waals surface area contributed by atoms with E-state index in [0.29, 0.717) is 10.0 Å². The normalized spacial score (nSPS) is 19.1. The van der Waals surface area contributed by atoms with Crippen molar-refractivity contribution in [1.29, 1.82) is 0 Å². The molecule has 1 fully saturated rings. The first kappa shape index (κ1) is 13.7. The molecule has 2 amide bonds. The molecule has 2 rings (SSSR count). The SMILES string of the molecule is CC1CC(=O)N(Cc2ccc([N+](=O)[O-])cc2Br)C1=O. The van der Waals surface area contributed by atoms with E-state index in [1.165, 1.54) is 17.0 Å². The topological polar surface area (TPSA) is 80.5 Å². The predicted molar refractivity (Wildman–Crippen MR) is 70.1 cm³/mol. The van der Waals surface area contributed by atoms with E-state index in [0.717, 1.165) is 0 Å². The molecule has 0 spiro atoms. The molecule has 0 radical (unpaired) electrons. The zero-order valence-corrected chi connectivity index (χ0v) is 11.7. The lowest BCUT2D eigenvalue weighted by molar-refractivity contribution is -0.384. The second kappa shape index (κ2) is 5.08. The summed E-state index contributed by atoms with van der Waals surface area (Å²) < 4.78 is 0.516. The van der Waals surface area contributed by atoms with Crippen LogP contribution in [0.5, 0.6) is 0 Å². The first-order valence-corrected chi connectivity index (χ1v) is 6.46. The molecule has 1 atom stereocenters. The van der Waals surface area contributed by atoms with Crippen LogP contribution in [0.1, 0.15) is 18.9 Å². The highest BCUT2D eigenvalue weighted by Crippen LogP contribution is 2.27. The highest BCUT2D eigenvalue weighted by Gasteiger charge is 2.35. The number of amides is 2. The summed E-state index contributed by atoms with van der Waals surface area (Å²) in [6.07, 6.45) is 0.226. The van der Waals surface area contributed by atoms with Crippen molar-refractivity contribution in [1.82, 2.24) is 4.90 Å². The number of halogens is 1. The number of carbonyl (C=O) groups excluding carboxylic acids is 2. The molecule has 0 aliphatic carbocycles. The number of rotatable bonds is 3. The van der Waals surface area contributed by atoms with Crippen molar-refractivity contribution >= 4 is 33.4 Å². The molecule has 1 aromatic carbocycles. The fourth-order valence-electron chi connectivity index (χ4n) is 1.96. The molecule has 1 heterocycles. The minimum atomic E-state index is -0.497. The summed E-state index contributed by atoms with van der Waals surface area (Å²) in [7, 11) is 0. The Morgan fingerprint density at radius 3 is 2.63 bits per heavy atom. The minimum absolute atomic E-state index is 0.0388. The highest BCUT2D eigenvalue weighted by molar-refractivity contribution is 9.10. The van der Waals surface area contributed by atoms with E-state index in [4.69, 9.17) is 0 Å². The number of benzene rings is 1. The Hall–Kier alpha value is -1.76. The van der Waals surface area contributed by atoms with E-state index in [1.807, 2.05) is 0 Å². The Kier molecular flexibility index (Phi) is 3.66. The number of imide groups is 1. The molecule has 19 heavy (non-hydrogen) atoms. The Labute approximate surface area is 117 Å². The largest absolute Gasteiger partial charge is 0.278 e. The standard InChI is InChI=1S/C12H11BrN2O4/c1-7-4-11(16)14(12(7)17)6-8-2-3-9(15(18)19)5-10(8)13/h2-3,5,7H,4,6H2,1H3. The maximum absolute atomic E-state index is 11.8. The summed E-state index contributed by atoms with van der Waals surface area (Å²) >= 11 is 3.22. The van der Waals surface area contributed by atoms with Crippen molar-refractivity contribution in [3.63, 3.8) is 0 Å². The van der Waals surface area contributed by atoms with Crippen LogP contribution < -0.4 is 0 Å². The molecule has 100 valence electrons. The maximum Gasteiger partial charge on any atom is 0.270 e. The fourth-order valence-corrected chi connectivity index (χ4v) is 2.45. The van der Waals surface area contributed by atoms with Crippen LogP contribution in [0.25, 0.3) is 0 Å². The van der Waals surface area contributed by atoms with Crippen LogP contribution in [0.4, 0.5) is 5.69 Å². The minimum Gasteiger partial charge on any atom is -0.278 e. The number of hydrogen-bond acceptors (Lipinski definition) is 4. The summed E-state index contributed by atoms with van der Waals surface area (Å²) in [5, 5.41) is 10.6. The summed E-state index contributed by atoms with van der Waals surface area (Å²) in [6.45, 7) is 1.85. The molecule has 7 heteroatoms. The number of likely N-dealkylation sites (tertiary alicyclic amines) is 1. The molecule has 1 aliphatic heterocycles. The van der Waals surface area contributed by atoms with Gasteiger partial charge in [0.2, 0.25) is 11.8 Å². The van der Waals surface area contributed by atoms with Gasteiger partial charge in [-0.05, 0) is 11.6 Å². The van der Waals surface area contributed by atoms with Gasteiger partial charge in [0.15, 0.2) is 0 Å². The number of hydrogen-bond donors (Lipinski definition) is 0. The van der Waals surface area contributed by atoms with Gasteiger partial charge >= 0.3 is 0 Å². The van der Waals surface area contributed by atoms with Gasteiger partial charge in [0.05, 0.1) is 11.5 Å². The second-order valence-corrected chi connectivity index (χ2v) is 5.31. The predicted octanol–water partition coefficient (Wildman–Crippen LogP) is 2.25. The average Bonchev–Trinajstić information content (AvgIpc) is 2.58. The van der Waals surface area contributed by atoms with E-state index < -0.39 is 4.92 Å². The Balaban J connectivity index is 2.22. The lowest BCUT2D eigenvalue weighted by atomic mass is 10.1. The van der Waals surface area contributed by atoms with Gasteiger partial charge in [-0.2, -0.15) is 0 Å². The zero-order valence-electron chi connectivity index (χ0n) is 10.1. The molecule has 1 aromatic rings. The Bertz CT molecular complexity index is 573. The summed E-state index contributed by atoms with van der Waals surface area (Å²) in [5.41, 5.74) is 0.629. The van der Waals surface area contributed by atoms with Crippen LogP contribution in [-0.4, -0.2) is 21.6 Å². The number of nitrogens with zero attached hydrogens (tertiary/aromatic N) is 2. The number of carbonyl (C=O) groups is 2. The number of non-ortho nitro benzene ring substituents is 1. The summed E-state index contributed by atoms with van der Waals surface area (Å²) in [4.78, 5) is 34.8. The Morgan fingerprint density at radius 1 is 1.47 bits per heavy atom. The average molecular weight is 327 g/mol. The molecule has 0 saturated carbocycles. The van der Waals surface area contributed by atoms with Gasteiger partial charge < -0.3 is 0 Å². The van der Waals surface area contributed by atoms with Crippen LogP contribution in [-0.2, 0) is 16.1 Å². The molecule has 1 saturated heterocycles. The molecule has 0 aromatic heterocycles. The highest BCUT2D eigenvalue weighted by atomic mass is 79.9. The van der Waals surface area contributed by atoms with Gasteiger partial charge in [-0.15, -0.1) is 0 Å². The lowest BCUT2D eigenvalue weighted by Crippen LogP contribution is -2.29. The molecular weight excluding hydrogens is 316 g/mol. The number of nitro groups is 1. The summed E-state index contributed by atoms with van der Waals surface area (Å²) in [5.74, 6) is -0.692. The number of nitro benzene ring substituents is 1. The molecule has 6 nitrogen and oxygen atoms in total. The van der Waals surface area contributed by atoms with E-state index in [9.17, 15) is 19.7 Å². The van der Waals surface area contributed by atoms with Gasteiger partial charge in [0.1, 0.15) is 0 Å². The third kappa shape index (κ3) is 2.65. The van der Waals surface area contributed by atoms with Crippen molar-refractivity contribution in [3.05, 3.63) is 38.3 Å². The van der Waals surface area contributed by atoms with E-state index in [-0.39, 0.29) is 36.4 Å². The van der Waals surface area contributed by atoms with Gasteiger partial charge in [0, 0.05) is 28.9 Å². The zero-order chi connectivity index (χ0) is 14.2. The summed E-state index contributed by atoms with van der Waals surface area (Å²) in [6, 6.07) is 4.27. The van der Waals surface area contributed by atoms with Crippen LogP contribution in [0.2, 0.25) is 0 Å². The first-order chi connectivity index (χ1) is 8.90. The van der Waals surface area contributed by atoms with Crippen molar-refractivity contribution in [3.8, 4) is 0 Å². The van der Waals surface area contributed by atoms with Crippen molar-refractivity contribution in [2.24, 2.45) is 5.92 Å². The van der Waals surface area contributed by atoms with Gasteiger partial charge in [-0.3, -0.25) is 24.6 Å². The quantitative estimate of drug-likeness (QED) is 0.484. The van der Waals surface area contributed by atoms with Crippen LogP contribution >= 0.6 is 15.9 Å². The van der Waals surface area contributed by atoms with Crippen LogP contribution in [0.3, 0.4) is 0 Å². The smallest absolute Gasteiger partial charge is 0.270 e. The first-order valence-electron chi connectivity index (χ1n) is 5.67. The van der Waals surface area contributed by atoms with Crippen LogP contribution in [0.15, 0.2) is 22.7 Å². The van der Waals surface area contributed by atoms with Crippen LogP contribution in [0, 0.1) is 16.0 Å². The van der Waals surface area contributed by atoms with E-state index in [1.54, 1.807) is 13.0 Å². The molecule has 1 aliphatic rings. The molecular formula is C12H11BrN2O4. The van der Waals surface area contributed by atoms with E-state index >= 15 is 0 Å². The second-order valence-electron chi connectivity index (χ2n) is 4.46. The Morgan fingerprint density at radius 2 is 2.16 bits per heavy atom. The lowest BCUT2D eigenvalue weighted by Gasteiger charge is -2.15. The van der Waals surface area contributed by atoms with Gasteiger partial charge in [-0.25, -0.2) is 0 Å².